The van der Waals surface area contributed by atoms with E-state index in [0.29, 0.717) is 41.0 Å². The van der Waals surface area contributed by atoms with Gasteiger partial charge in [0.05, 0.1) is 11.1 Å². The molecule has 3 heterocycles. The molecule has 0 unspecified atom stereocenters. The van der Waals surface area contributed by atoms with Crippen LogP contribution in [0, 0.1) is 0 Å². The Bertz CT molecular complexity index is 1240. The van der Waals surface area contributed by atoms with Crippen LogP contribution in [0.3, 0.4) is 0 Å². The van der Waals surface area contributed by atoms with Crippen molar-refractivity contribution in [3.63, 3.8) is 0 Å². The van der Waals surface area contributed by atoms with Gasteiger partial charge >= 0.3 is 5.97 Å². The molecule has 0 radical (unpaired) electrons. The molecule has 3 N–H and O–H groups in total. The maximum Gasteiger partial charge on any atom is 0.335 e. The molecule has 0 saturated carbocycles. The molecule has 4 rings (SSSR count). The van der Waals surface area contributed by atoms with Crippen molar-refractivity contribution in [1.82, 2.24) is 14.1 Å². The van der Waals surface area contributed by atoms with Crippen molar-refractivity contribution in [3.8, 4) is 0 Å². The molecule has 1 aliphatic heterocycles. The molecule has 166 valence electrons. The molecule has 1 saturated heterocycles. The molecule has 0 spiro atoms. The molecular formula is C22H28ClN5O3. The number of carboxylic acids is 1. The third kappa shape index (κ3) is 4.05. The quantitative estimate of drug-likeness (QED) is 0.598. The van der Waals surface area contributed by atoms with Gasteiger partial charge < -0.3 is 24.9 Å². The van der Waals surface area contributed by atoms with E-state index >= 15 is 0 Å². The molecule has 8 nitrogen and oxygen atoms in total. The maximum absolute atomic E-state index is 13.3. The van der Waals surface area contributed by atoms with Gasteiger partial charge in [-0.3, -0.25) is 4.79 Å². The van der Waals surface area contributed by atoms with Gasteiger partial charge in [0.2, 0.25) is 5.95 Å². The highest BCUT2D eigenvalue weighted by molar-refractivity contribution is 6.06. The summed E-state index contributed by atoms with van der Waals surface area (Å²) in [4.78, 5) is 31.9. The molecule has 31 heavy (non-hydrogen) atoms. The Hall–Kier alpha value is -2.84. The lowest BCUT2D eigenvalue weighted by molar-refractivity contribution is 0.0697. The zero-order valence-electron chi connectivity index (χ0n) is 18.0. The second kappa shape index (κ2) is 8.72. The molecule has 9 heteroatoms. The van der Waals surface area contributed by atoms with Crippen molar-refractivity contribution < 1.29 is 9.90 Å². The third-order valence-electron chi connectivity index (χ3n) is 5.74. The number of pyridine rings is 1. The van der Waals surface area contributed by atoms with Crippen LogP contribution in [0.1, 0.15) is 37.0 Å². The van der Waals surface area contributed by atoms with E-state index < -0.39 is 5.97 Å². The Morgan fingerprint density at radius 2 is 2.10 bits per heavy atom. The third-order valence-corrected chi connectivity index (χ3v) is 5.74. The number of imidazole rings is 1. The Balaban J connectivity index is 0.00000272. The Labute approximate surface area is 186 Å². The number of hydrogen-bond donors (Lipinski definition) is 2. The number of benzene rings is 1. The summed E-state index contributed by atoms with van der Waals surface area (Å²) < 4.78 is 3.51. The SMILES string of the molecule is CC(C)=CCn1c(N2CCC[C@@H](N)C2)nc2c3cc(C(=O)O)ccc3n(C)c(=O)c21.Cl. The van der Waals surface area contributed by atoms with Gasteiger partial charge in [0.15, 0.2) is 0 Å². The van der Waals surface area contributed by atoms with E-state index in [-0.39, 0.29) is 29.6 Å². The van der Waals surface area contributed by atoms with Gasteiger partial charge in [-0.1, -0.05) is 11.6 Å². The highest BCUT2D eigenvalue weighted by Crippen LogP contribution is 2.29. The molecule has 0 bridgehead atoms. The fourth-order valence-electron chi connectivity index (χ4n) is 4.15. The van der Waals surface area contributed by atoms with Gasteiger partial charge in [0.25, 0.3) is 5.56 Å². The number of nitrogens with zero attached hydrogens (tertiary/aromatic N) is 4. The van der Waals surface area contributed by atoms with Crippen LogP contribution >= 0.6 is 12.4 Å². The second-order valence-corrected chi connectivity index (χ2v) is 8.25. The summed E-state index contributed by atoms with van der Waals surface area (Å²) in [6.45, 7) is 6.05. The van der Waals surface area contributed by atoms with Crippen LogP contribution in [-0.2, 0) is 13.6 Å². The summed E-state index contributed by atoms with van der Waals surface area (Å²) in [5.74, 6) is -0.298. The molecule has 1 fully saturated rings. The molecule has 1 aliphatic rings. The van der Waals surface area contributed by atoms with E-state index in [2.05, 4.69) is 11.0 Å². The molecule has 1 aromatic carbocycles. The summed E-state index contributed by atoms with van der Waals surface area (Å²) >= 11 is 0. The normalized spacial score (nSPS) is 16.4. The highest BCUT2D eigenvalue weighted by atomic mass is 35.5. The van der Waals surface area contributed by atoms with Crippen molar-refractivity contribution in [2.75, 3.05) is 18.0 Å². The van der Waals surface area contributed by atoms with Crippen LogP contribution in [0.5, 0.6) is 0 Å². The highest BCUT2D eigenvalue weighted by Gasteiger charge is 2.25. The van der Waals surface area contributed by atoms with Crippen LogP contribution in [0.25, 0.3) is 21.9 Å². The number of hydrogen-bond acceptors (Lipinski definition) is 5. The topological polar surface area (TPSA) is 106 Å². The lowest BCUT2D eigenvalue weighted by Gasteiger charge is -2.31. The fraction of sp³-hybridized carbons (Fsp3) is 0.409. The summed E-state index contributed by atoms with van der Waals surface area (Å²) in [6.07, 6.45) is 4.00. The molecule has 1 atom stereocenters. The van der Waals surface area contributed by atoms with Gasteiger partial charge in [0, 0.05) is 38.1 Å². The number of aromatic carboxylic acids is 1. The number of aromatic nitrogens is 3. The zero-order chi connectivity index (χ0) is 21.6. The van der Waals surface area contributed by atoms with E-state index in [9.17, 15) is 14.7 Å². The number of carboxylic acid groups (broad SMARTS) is 1. The Kier molecular flexibility index (Phi) is 6.43. The summed E-state index contributed by atoms with van der Waals surface area (Å²) in [5.41, 5.74) is 9.05. The van der Waals surface area contributed by atoms with Gasteiger partial charge in [-0.15, -0.1) is 12.4 Å². The van der Waals surface area contributed by atoms with Crippen molar-refractivity contribution in [2.24, 2.45) is 12.8 Å². The van der Waals surface area contributed by atoms with Crippen molar-refractivity contribution in [1.29, 1.82) is 0 Å². The van der Waals surface area contributed by atoms with Gasteiger partial charge in [0.1, 0.15) is 11.0 Å². The van der Waals surface area contributed by atoms with Crippen LogP contribution in [-0.4, -0.2) is 44.3 Å². The number of piperidine rings is 1. The van der Waals surface area contributed by atoms with E-state index in [0.717, 1.165) is 25.0 Å². The minimum atomic E-state index is -1.01. The summed E-state index contributed by atoms with van der Waals surface area (Å²) in [6, 6.07) is 4.85. The lowest BCUT2D eigenvalue weighted by Crippen LogP contribution is -2.44. The maximum atomic E-state index is 13.3. The lowest BCUT2D eigenvalue weighted by atomic mass is 10.1. The average molecular weight is 446 g/mol. The van der Waals surface area contributed by atoms with Gasteiger partial charge in [-0.25, -0.2) is 9.78 Å². The van der Waals surface area contributed by atoms with Crippen LogP contribution in [0.2, 0.25) is 0 Å². The van der Waals surface area contributed by atoms with Crippen molar-refractivity contribution in [2.45, 2.75) is 39.3 Å². The first kappa shape index (κ1) is 22.8. The standard InChI is InChI=1S/C22H27N5O3.ClH/c1-13(2)8-10-27-19-18(24-22(27)26-9-4-5-15(23)12-26)16-11-14(21(29)30)6-7-17(16)25(3)20(19)28;/h6-8,11,15H,4-5,9-10,12,23H2,1-3H3,(H,29,30);1H/t15-;/m1./s1. The number of aryl methyl sites for hydroxylation is 1. The average Bonchev–Trinajstić information content (AvgIpc) is 3.10. The number of nitrogens with two attached hydrogens (primary N) is 1. The largest absolute Gasteiger partial charge is 0.478 e. The molecule has 3 aromatic rings. The van der Waals surface area contributed by atoms with Crippen LogP contribution in [0.4, 0.5) is 5.95 Å². The van der Waals surface area contributed by atoms with Gasteiger partial charge in [-0.2, -0.15) is 0 Å². The minimum Gasteiger partial charge on any atom is -0.478 e. The first-order valence-electron chi connectivity index (χ1n) is 10.2. The second-order valence-electron chi connectivity index (χ2n) is 8.25. The van der Waals surface area contributed by atoms with E-state index in [1.807, 2.05) is 18.4 Å². The first-order valence-corrected chi connectivity index (χ1v) is 10.2. The predicted octanol–water partition coefficient (Wildman–Crippen LogP) is 2.90. The Morgan fingerprint density at radius 1 is 1.35 bits per heavy atom. The van der Waals surface area contributed by atoms with Crippen molar-refractivity contribution >= 4 is 46.3 Å². The first-order chi connectivity index (χ1) is 14.3. The molecular weight excluding hydrogens is 418 g/mol. The number of halogens is 1. The van der Waals surface area contributed by atoms with Crippen LogP contribution in [0.15, 0.2) is 34.6 Å². The number of allylic oxidation sites excluding steroid dienone is 2. The number of rotatable bonds is 4. The molecule has 2 aromatic heterocycles. The van der Waals surface area contributed by atoms with E-state index in [1.54, 1.807) is 23.7 Å². The van der Waals surface area contributed by atoms with Crippen LogP contribution < -0.4 is 16.2 Å². The fourth-order valence-corrected chi connectivity index (χ4v) is 4.15. The Morgan fingerprint density at radius 3 is 2.74 bits per heavy atom. The molecule has 0 aliphatic carbocycles. The number of anilines is 1. The van der Waals surface area contributed by atoms with Gasteiger partial charge in [-0.05, 0) is 44.9 Å². The number of carbonyl (C=O) groups is 1. The molecule has 0 amide bonds. The van der Waals surface area contributed by atoms with E-state index in [1.165, 1.54) is 6.07 Å². The minimum absolute atomic E-state index is 0. The zero-order valence-corrected chi connectivity index (χ0v) is 18.8. The smallest absolute Gasteiger partial charge is 0.335 e. The summed E-state index contributed by atoms with van der Waals surface area (Å²) in [7, 11) is 1.71. The van der Waals surface area contributed by atoms with E-state index in [4.69, 9.17) is 10.7 Å². The predicted molar refractivity (Wildman–Crippen MR) is 126 cm³/mol. The van der Waals surface area contributed by atoms with Crippen molar-refractivity contribution in [3.05, 3.63) is 45.8 Å². The monoisotopic (exact) mass is 445 g/mol. The summed E-state index contributed by atoms with van der Waals surface area (Å²) in [5, 5.41) is 10.1. The number of fused-ring (bicyclic) bond motifs is 3.